The maximum Gasteiger partial charge on any atom is 0.329 e. The van der Waals surface area contributed by atoms with Gasteiger partial charge in [-0.3, -0.25) is 5.32 Å². The van der Waals surface area contributed by atoms with Crippen LogP contribution in [0.15, 0.2) is 34.9 Å². The van der Waals surface area contributed by atoms with Crippen molar-refractivity contribution in [3.63, 3.8) is 0 Å². The van der Waals surface area contributed by atoms with Gasteiger partial charge in [-0.25, -0.2) is 4.79 Å². The first-order valence-corrected chi connectivity index (χ1v) is 8.26. The molecule has 25 heavy (non-hydrogen) atoms. The molecule has 2 N–H and O–H groups in total. The Labute approximate surface area is 145 Å². The fourth-order valence-corrected chi connectivity index (χ4v) is 2.77. The molecule has 1 unspecified atom stereocenters. The molecule has 1 saturated heterocycles. The molecule has 1 aromatic heterocycles. The minimum absolute atomic E-state index is 0.0541. The van der Waals surface area contributed by atoms with Gasteiger partial charge < -0.3 is 19.3 Å². The van der Waals surface area contributed by atoms with Gasteiger partial charge in [0, 0.05) is 18.5 Å². The Bertz CT molecular complexity index is 698. The summed E-state index contributed by atoms with van der Waals surface area (Å²) in [6, 6.07) is 9.05. The number of hydrogen-bond acceptors (Lipinski definition) is 6. The third kappa shape index (κ3) is 4.77. The first kappa shape index (κ1) is 17.4. The van der Waals surface area contributed by atoms with Gasteiger partial charge in [-0.15, -0.1) is 0 Å². The van der Waals surface area contributed by atoms with E-state index >= 15 is 0 Å². The minimum atomic E-state index is -0.561. The Kier molecular flexibility index (Phi) is 5.30. The molecule has 1 aromatic carbocycles. The van der Waals surface area contributed by atoms with Crippen molar-refractivity contribution in [3.8, 4) is 11.4 Å². The van der Waals surface area contributed by atoms with Crippen molar-refractivity contribution in [2.75, 3.05) is 25.1 Å². The van der Waals surface area contributed by atoms with Crippen molar-refractivity contribution in [1.82, 2.24) is 15.5 Å². The van der Waals surface area contributed by atoms with Gasteiger partial charge in [-0.05, 0) is 12.8 Å². The number of aromatic nitrogens is 2. The Morgan fingerprint density at radius 3 is 2.72 bits per heavy atom. The molecule has 3 rings (SSSR count). The van der Waals surface area contributed by atoms with Crippen molar-refractivity contribution < 1.29 is 18.8 Å². The lowest BCUT2D eigenvalue weighted by molar-refractivity contribution is -0.153. The van der Waals surface area contributed by atoms with Crippen LogP contribution in [0.1, 0.15) is 20.3 Å². The average Bonchev–Trinajstić information content (AvgIpc) is 3.23. The highest BCUT2D eigenvalue weighted by molar-refractivity contribution is 5.87. The topological polar surface area (TPSA) is 98.5 Å². The maximum atomic E-state index is 12.0. The van der Waals surface area contributed by atoms with Crippen LogP contribution in [0.4, 0.5) is 10.8 Å². The number of nitrogens with one attached hydrogen (secondary N) is 2. The van der Waals surface area contributed by atoms with Gasteiger partial charge in [0.2, 0.25) is 5.82 Å². The van der Waals surface area contributed by atoms with E-state index in [0.717, 1.165) is 5.56 Å². The first-order chi connectivity index (χ1) is 12.0. The summed E-state index contributed by atoms with van der Waals surface area (Å²) in [6.45, 7) is 5.64. The summed E-state index contributed by atoms with van der Waals surface area (Å²) in [7, 11) is 0. The third-order valence-electron chi connectivity index (χ3n) is 3.91. The number of rotatable bonds is 6. The van der Waals surface area contributed by atoms with Crippen molar-refractivity contribution in [2.24, 2.45) is 5.92 Å². The van der Waals surface area contributed by atoms with Crippen molar-refractivity contribution in [3.05, 3.63) is 30.3 Å². The van der Waals surface area contributed by atoms with Gasteiger partial charge in [0.05, 0.1) is 13.2 Å². The summed E-state index contributed by atoms with van der Waals surface area (Å²) < 4.78 is 16.2. The van der Waals surface area contributed by atoms with E-state index in [1.165, 1.54) is 0 Å². The molecule has 1 atom stereocenters. The molecule has 0 radical (unpaired) electrons. The maximum absolute atomic E-state index is 12.0. The zero-order chi connectivity index (χ0) is 17.7. The van der Waals surface area contributed by atoms with Crippen LogP contribution in [0.5, 0.6) is 0 Å². The van der Waals surface area contributed by atoms with Gasteiger partial charge in [0.15, 0.2) is 5.79 Å². The van der Waals surface area contributed by atoms with Crippen LogP contribution < -0.4 is 10.6 Å². The molecule has 2 heterocycles. The highest BCUT2D eigenvalue weighted by Gasteiger charge is 2.32. The number of carbonyl (C=O) groups excluding carboxylic acids is 1. The van der Waals surface area contributed by atoms with E-state index in [9.17, 15) is 4.79 Å². The van der Waals surface area contributed by atoms with E-state index in [1.54, 1.807) is 0 Å². The summed E-state index contributed by atoms with van der Waals surface area (Å²) in [4.78, 5) is 16.1. The SMILES string of the molecule is CC(CNC(=O)Nc1nc(-c2ccccc2)no1)CC1(C)OCCO1. The molecule has 1 aliphatic rings. The summed E-state index contributed by atoms with van der Waals surface area (Å²) >= 11 is 0. The minimum Gasteiger partial charge on any atom is -0.348 e. The number of hydrogen-bond donors (Lipinski definition) is 2. The van der Waals surface area contributed by atoms with Crippen LogP contribution >= 0.6 is 0 Å². The smallest absolute Gasteiger partial charge is 0.329 e. The van der Waals surface area contributed by atoms with Crippen molar-refractivity contribution >= 4 is 12.0 Å². The van der Waals surface area contributed by atoms with Crippen LogP contribution in [-0.4, -0.2) is 41.7 Å². The van der Waals surface area contributed by atoms with E-state index < -0.39 is 11.8 Å². The van der Waals surface area contributed by atoms with Crippen LogP contribution in [-0.2, 0) is 9.47 Å². The fraction of sp³-hybridized carbons (Fsp3) is 0.471. The normalized spacial score (nSPS) is 17.2. The van der Waals surface area contributed by atoms with Gasteiger partial charge >= 0.3 is 12.0 Å². The lowest BCUT2D eigenvalue weighted by atomic mass is 10.0. The Balaban J connectivity index is 1.46. The number of anilines is 1. The fourth-order valence-electron chi connectivity index (χ4n) is 2.77. The quantitative estimate of drug-likeness (QED) is 0.834. The molecule has 2 amide bonds. The molecule has 0 spiro atoms. The molecule has 134 valence electrons. The third-order valence-corrected chi connectivity index (χ3v) is 3.91. The van der Waals surface area contributed by atoms with Gasteiger partial charge in [0.25, 0.3) is 0 Å². The average molecular weight is 346 g/mol. The molecule has 0 aliphatic carbocycles. The highest BCUT2D eigenvalue weighted by atomic mass is 16.7. The van der Waals surface area contributed by atoms with E-state index in [-0.39, 0.29) is 11.9 Å². The Morgan fingerprint density at radius 1 is 1.28 bits per heavy atom. The molecule has 8 nitrogen and oxygen atoms in total. The van der Waals surface area contributed by atoms with Gasteiger partial charge in [-0.1, -0.05) is 42.4 Å². The van der Waals surface area contributed by atoms with E-state index in [4.69, 9.17) is 14.0 Å². The van der Waals surface area contributed by atoms with Crippen molar-refractivity contribution in [1.29, 1.82) is 0 Å². The summed E-state index contributed by atoms with van der Waals surface area (Å²) in [5.74, 6) is 0.0541. The number of nitrogens with zero attached hydrogens (tertiary/aromatic N) is 2. The molecular formula is C17H22N4O4. The number of urea groups is 1. The number of amides is 2. The zero-order valence-corrected chi connectivity index (χ0v) is 14.3. The first-order valence-electron chi connectivity index (χ1n) is 8.26. The summed E-state index contributed by atoms with van der Waals surface area (Å²) in [6.07, 6.45) is 0.700. The second-order valence-corrected chi connectivity index (χ2v) is 6.26. The van der Waals surface area contributed by atoms with Crippen LogP contribution in [0.25, 0.3) is 11.4 Å². The monoisotopic (exact) mass is 346 g/mol. The molecular weight excluding hydrogens is 324 g/mol. The van der Waals surface area contributed by atoms with E-state index in [0.29, 0.717) is 32.0 Å². The number of ether oxygens (including phenoxy) is 2. The number of carbonyl (C=O) groups is 1. The molecule has 1 fully saturated rings. The standard InChI is InChI=1S/C17H22N4O4/c1-12(10-17(2)23-8-9-24-17)11-18-15(22)20-16-19-14(21-25-16)13-6-4-3-5-7-13/h3-7,12H,8-11H2,1-2H3,(H2,18,19,20,21,22). The molecule has 0 bridgehead atoms. The summed E-state index contributed by atoms with van der Waals surface area (Å²) in [5.41, 5.74) is 0.818. The lowest BCUT2D eigenvalue weighted by Gasteiger charge is -2.25. The predicted molar refractivity (Wildman–Crippen MR) is 90.8 cm³/mol. The van der Waals surface area contributed by atoms with Crippen LogP contribution in [0, 0.1) is 5.92 Å². The Hall–Kier alpha value is -2.45. The van der Waals surface area contributed by atoms with Gasteiger partial charge in [0.1, 0.15) is 0 Å². The highest BCUT2D eigenvalue weighted by Crippen LogP contribution is 2.26. The van der Waals surface area contributed by atoms with Crippen LogP contribution in [0.2, 0.25) is 0 Å². The summed E-state index contributed by atoms with van der Waals surface area (Å²) in [5, 5.41) is 9.17. The number of benzene rings is 1. The van der Waals surface area contributed by atoms with Crippen molar-refractivity contribution in [2.45, 2.75) is 26.1 Å². The predicted octanol–water partition coefficient (Wildman–Crippen LogP) is 2.65. The van der Waals surface area contributed by atoms with E-state index in [2.05, 4.69) is 20.8 Å². The second kappa shape index (κ2) is 7.62. The van der Waals surface area contributed by atoms with Crippen LogP contribution in [0.3, 0.4) is 0 Å². The molecule has 1 aliphatic heterocycles. The lowest BCUT2D eigenvalue weighted by Crippen LogP contribution is -2.36. The molecule has 0 saturated carbocycles. The largest absolute Gasteiger partial charge is 0.348 e. The molecule has 8 heteroatoms. The van der Waals surface area contributed by atoms with E-state index in [1.807, 2.05) is 44.2 Å². The Morgan fingerprint density at radius 2 is 2.00 bits per heavy atom. The molecule has 2 aromatic rings. The second-order valence-electron chi connectivity index (χ2n) is 6.26. The van der Waals surface area contributed by atoms with Gasteiger partial charge in [-0.2, -0.15) is 4.98 Å². The zero-order valence-electron chi connectivity index (χ0n) is 14.3.